The largest absolute Gasteiger partial charge is 0.334 e. The number of rotatable bonds is 6. The second kappa shape index (κ2) is 10.6. The Morgan fingerprint density at radius 3 is 2.33 bits per heavy atom. The van der Waals surface area contributed by atoms with Crippen molar-refractivity contribution in [1.29, 1.82) is 0 Å². The molecular formula is C25H34N4O. The Hall–Kier alpha value is -2.37. The third kappa shape index (κ3) is 6.07. The summed E-state index contributed by atoms with van der Waals surface area (Å²) in [6.45, 7) is 3.26. The summed E-state index contributed by atoms with van der Waals surface area (Å²) in [6.07, 6.45) is 7.02. The van der Waals surface area contributed by atoms with Crippen LogP contribution in [0.4, 0.5) is 10.5 Å². The minimum absolute atomic E-state index is 0.103. The molecule has 2 fully saturated rings. The predicted octanol–water partition coefficient (Wildman–Crippen LogP) is 4.37. The molecule has 2 amide bonds. The van der Waals surface area contributed by atoms with E-state index in [1.165, 1.54) is 37.8 Å². The highest BCUT2D eigenvalue weighted by Gasteiger charge is 2.30. The molecule has 2 aromatic carbocycles. The van der Waals surface area contributed by atoms with Crippen molar-refractivity contribution in [3.63, 3.8) is 0 Å². The highest BCUT2D eigenvalue weighted by atomic mass is 16.2. The summed E-state index contributed by atoms with van der Waals surface area (Å²) in [5.41, 5.74) is 2.21. The van der Waals surface area contributed by atoms with Gasteiger partial charge in [0.2, 0.25) is 0 Å². The normalized spacial score (nSPS) is 24.9. The summed E-state index contributed by atoms with van der Waals surface area (Å²) in [5, 5.41) is 10.1. The van der Waals surface area contributed by atoms with Crippen LogP contribution >= 0.6 is 0 Å². The molecule has 4 rings (SSSR count). The number of anilines is 1. The van der Waals surface area contributed by atoms with Crippen LogP contribution in [0.5, 0.6) is 0 Å². The average molecular weight is 407 g/mol. The van der Waals surface area contributed by atoms with E-state index in [1.54, 1.807) is 0 Å². The molecule has 5 heteroatoms. The van der Waals surface area contributed by atoms with Crippen LogP contribution in [0.1, 0.15) is 44.1 Å². The molecule has 2 aromatic rings. The monoisotopic (exact) mass is 406 g/mol. The number of benzene rings is 2. The van der Waals surface area contributed by atoms with Gasteiger partial charge in [0, 0.05) is 36.9 Å². The van der Waals surface area contributed by atoms with E-state index in [9.17, 15) is 4.79 Å². The van der Waals surface area contributed by atoms with Crippen molar-refractivity contribution in [2.75, 3.05) is 18.4 Å². The van der Waals surface area contributed by atoms with Crippen LogP contribution in [0.25, 0.3) is 0 Å². The van der Waals surface area contributed by atoms with Gasteiger partial charge in [-0.25, -0.2) is 4.79 Å². The first-order valence-corrected chi connectivity index (χ1v) is 11.4. The van der Waals surface area contributed by atoms with Gasteiger partial charge in [0.05, 0.1) is 0 Å². The summed E-state index contributed by atoms with van der Waals surface area (Å²) in [6, 6.07) is 21.3. The van der Waals surface area contributed by atoms with Crippen LogP contribution in [0.15, 0.2) is 60.7 Å². The lowest BCUT2D eigenvalue weighted by Crippen LogP contribution is -2.57. The van der Waals surface area contributed by atoms with Gasteiger partial charge in [-0.2, -0.15) is 0 Å². The van der Waals surface area contributed by atoms with Crippen molar-refractivity contribution in [3.8, 4) is 0 Å². The molecule has 0 spiro atoms. The van der Waals surface area contributed by atoms with Crippen molar-refractivity contribution >= 4 is 11.7 Å². The number of nitrogens with zero attached hydrogens (tertiary/aromatic N) is 1. The molecule has 160 valence electrons. The minimum atomic E-state index is -0.103. The Kier molecular flexibility index (Phi) is 7.38. The Balaban J connectivity index is 1.29. The average Bonchev–Trinajstić information content (AvgIpc) is 2.77. The van der Waals surface area contributed by atoms with Gasteiger partial charge in [0.25, 0.3) is 0 Å². The summed E-state index contributed by atoms with van der Waals surface area (Å²) in [7, 11) is 0. The van der Waals surface area contributed by atoms with Crippen LogP contribution in [0.2, 0.25) is 0 Å². The zero-order valence-corrected chi connectivity index (χ0v) is 17.7. The molecule has 1 heterocycles. The maximum Gasteiger partial charge on any atom is 0.319 e. The molecule has 1 aliphatic carbocycles. The molecule has 1 saturated heterocycles. The van der Waals surface area contributed by atoms with Crippen LogP contribution < -0.4 is 16.0 Å². The van der Waals surface area contributed by atoms with Crippen LogP contribution in [-0.2, 0) is 6.54 Å². The summed E-state index contributed by atoms with van der Waals surface area (Å²) in [5.74, 6) is 0. The van der Waals surface area contributed by atoms with E-state index in [0.29, 0.717) is 12.1 Å². The Labute approximate surface area is 180 Å². The van der Waals surface area contributed by atoms with Gasteiger partial charge in [-0.15, -0.1) is 0 Å². The van der Waals surface area contributed by atoms with Gasteiger partial charge < -0.3 is 16.0 Å². The van der Waals surface area contributed by atoms with E-state index >= 15 is 0 Å². The van der Waals surface area contributed by atoms with E-state index in [1.807, 2.05) is 30.3 Å². The van der Waals surface area contributed by atoms with Gasteiger partial charge in [0.15, 0.2) is 0 Å². The van der Waals surface area contributed by atoms with E-state index in [2.05, 4.69) is 51.2 Å². The predicted molar refractivity (Wildman–Crippen MR) is 123 cm³/mol. The van der Waals surface area contributed by atoms with Gasteiger partial charge in [-0.1, -0.05) is 61.4 Å². The number of nitrogens with one attached hydrogen (secondary N) is 3. The van der Waals surface area contributed by atoms with E-state index in [4.69, 9.17) is 0 Å². The molecule has 1 aliphatic heterocycles. The molecule has 3 N–H and O–H groups in total. The van der Waals surface area contributed by atoms with Crippen molar-refractivity contribution in [2.24, 2.45) is 0 Å². The lowest BCUT2D eigenvalue weighted by Gasteiger charge is -2.39. The van der Waals surface area contributed by atoms with Crippen LogP contribution in [0, 0.1) is 0 Å². The number of para-hydroxylation sites is 1. The topological polar surface area (TPSA) is 56.4 Å². The quantitative estimate of drug-likeness (QED) is 0.668. The molecular weight excluding hydrogens is 372 g/mol. The lowest BCUT2D eigenvalue weighted by atomic mass is 9.89. The molecule has 1 saturated carbocycles. The summed E-state index contributed by atoms with van der Waals surface area (Å²) < 4.78 is 0. The second-order valence-electron chi connectivity index (χ2n) is 8.69. The second-order valence-corrected chi connectivity index (χ2v) is 8.69. The number of carbonyl (C=O) groups is 1. The van der Waals surface area contributed by atoms with Crippen LogP contribution in [0.3, 0.4) is 0 Å². The van der Waals surface area contributed by atoms with Crippen molar-refractivity contribution in [1.82, 2.24) is 15.5 Å². The highest BCUT2D eigenvalue weighted by molar-refractivity contribution is 5.89. The maximum atomic E-state index is 12.5. The van der Waals surface area contributed by atoms with Gasteiger partial charge >= 0.3 is 6.03 Å². The van der Waals surface area contributed by atoms with Gasteiger partial charge in [0.1, 0.15) is 0 Å². The third-order valence-corrected chi connectivity index (χ3v) is 6.32. The number of hydrogen-bond acceptors (Lipinski definition) is 3. The highest BCUT2D eigenvalue weighted by Crippen LogP contribution is 2.22. The smallest absolute Gasteiger partial charge is 0.319 e. The molecule has 5 nitrogen and oxygen atoms in total. The van der Waals surface area contributed by atoms with Gasteiger partial charge in [-0.3, -0.25) is 4.90 Å². The van der Waals surface area contributed by atoms with E-state index in [-0.39, 0.29) is 12.1 Å². The lowest BCUT2D eigenvalue weighted by molar-refractivity contribution is 0.160. The molecule has 3 atom stereocenters. The Bertz CT molecular complexity index is 782. The van der Waals surface area contributed by atoms with E-state index < -0.39 is 0 Å². The number of hydrogen-bond donors (Lipinski definition) is 3. The zero-order valence-electron chi connectivity index (χ0n) is 17.7. The fraction of sp³-hybridized carbons (Fsp3) is 0.480. The first kappa shape index (κ1) is 20.9. The molecule has 0 unspecified atom stereocenters. The van der Waals surface area contributed by atoms with Crippen molar-refractivity contribution < 1.29 is 4.79 Å². The third-order valence-electron chi connectivity index (χ3n) is 6.32. The first-order valence-electron chi connectivity index (χ1n) is 11.4. The fourth-order valence-corrected chi connectivity index (χ4v) is 4.84. The number of urea groups is 1. The van der Waals surface area contributed by atoms with Crippen LogP contribution in [-0.4, -0.2) is 42.1 Å². The molecule has 0 aromatic heterocycles. The molecule has 0 bridgehead atoms. The SMILES string of the molecule is O=C(Nc1ccccc1)N[C@@H]1CCCC[C@H]1N[C@H]1CCCN(Cc2ccccc2)C1. The fourth-order valence-electron chi connectivity index (χ4n) is 4.84. The van der Waals surface area contributed by atoms with E-state index in [0.717, 1.165) is 31.6 Å². The number of amides is 2. The number of piperidine rings is 1. The number of carbonyl (C=O) groups excluding carboxylic acids is 1. The standard InChI is InChI=1S/C25H34N4O/c30-25(27-21-12-5-2-6-13-21)28-24-16-8-7-15-23(24)26-22-14-9-17-29(19-22)18-20-10-3-1-4-11-20/h1-6,10-13,22-24,26H,7-9,14-19H2,(H2,27,28,30)/t22-,23+,24+/m0/s1. The minimum Gasteiger partial charge on any atom is -0.334 e. The number of likely N-dealkylation sites (tertiary alicyclic amines) is 1. The van der Waals surface area contributed by atoms with Crippen molar-refractivity contribution in [2.45, 2.75) is 63.2 Å². The zero-order chi connectivity index (χ0) is 20.6. The summed E-state index contributed by atoms with van der Waals surface area (Å²) >= 11 is 0. The summed E-state index contributed by atoms with van der Waals surface area (Å²) in [4.78, 5) is 15.1. The molecule has 2 aliphatic rings. The van der Waals surface area contributed by atoms with Crippen molar-refractivity contribution in [3.05, 3.63) is 66.2 Å². The molecule has 0 radical (unpaired) electrons. The molecule has 30 heavy (non-hydrogen) atoms. The first-order chi connectivity index (χ1) is 14.8. The Morgan fingerprint density at radius 1 is 0.867 bits per heavy atom. The maximum absolute atomic E-state index is 12.5. The van der Waals surface area contributed by atoms with Gasteiger partial charge in [-0.05, 0) is 49.9 Å². The Morgan fingerprint density at radius 2 is 1.57 bits per heavy atom.